The third-order valence-corrected chi connectivity index (χ3v) is 6.26. The van der Waals surface area contributed by atoms with Gasteiger partial charge in [0.25, 0.3) is 0 Å². The van der Waals surface area contributed by atoms with Crippen molar-refractivity contribution in [3.63, 3.8) is 0 Å². The standard InChI is InChI=1S/C27H37N5/c1-22-10-11-25(27(2,3)4)26(20-22)32-14-12-23(29-32)21-28-13-15-30-16-18-31(19-17-30)24-8-6-5-7-9-24/h5-12,14,20,28H,13,15-19,21H2,1-4H3. The fourth-order valence-electron chi connectivity index (χ4n) is 4.38. The largest absolute Gasteiger partial charge is 0.369 e. The number of hydrogen-bond donors (Lipinski definition) is 1. The van der Waals surface area contributed by atoms with Crippen LogP contribution in [0.3, 0.4) is 0 Å². The number of para-hydroxylation sites is 1. The van der Waals surface area contributed by atoms with E-state index in [-0.39, 0.29) is 5.41 Å². The molecule has 0 amide bonds. The number of benzene rings is 2. The van der Waals surface area contributed by atoms with Gasteiger partial charge >= 0.3 is 0 Å². The van der Waals surface area contributed by atoms with Gasteiger partial charge in [-0.3, -0.25) is 4.90 Å². The van der Waals surface area contributed by atoms with E-state index in [9.17, 15) is 0 Å². The average molecular weight is 432 g/mol. The van der Waals surface area contributed by atoms with E-state index in [4.69, 9.17) is 5.10 Å². The molecule has 1 aliphatic heterocycles. The SMILES string of the molecule is Cc1ccc(C(C)(C)C)c(-n2ccc(CNCCN3CCN(c4ccccc4)CC3)n2)c1. The lowest BCUT2D eigenvalue weighted by atomic mass is 9.85. The van der Waals surface area contributed by atoms with Crippen molar-refractivity contribution < 1.29 is 0 Å². The molecule has 2 aromatic carbocycles. The van der Waals surface area contributed by atoms with Crippen molar-refractivity contribution in [3.05, 3.63) is 77.6 Å². The van der Waals surface area contributed by atoms with Gasteiger partial charge in [0.05, 0.1) is 11.4 Å². The third-order valence-electron chi connectivity index (χ3n) is 6.26. The summed E-state index contributed by atoms with van der Waals surface area (Å²) in [7, 11) is 0. The van der Waals surface area contributed by atoms with E-state index in [0.717, 1.165) is 51.5 Å². The highest BCUT2D eigenvalue weighted by Crippen LogP contribution is 2.29. The number of piperazine rings is 1. The molecule has 1 aromatic heterocycles. The lowest BCUT2D eigenvalue weighted by Gasteiger charge is -2.36. The quantitative estimate of drug-likeness (QED) is 0.563. The maximum atomic E-state index is 4.86. The summed E-state index contributed by atoms with van der Waals surface area (Å²) in [6.07, 6.45) is 2.09. The molecule has 1 fully saturated rings. The minimum Gasteiger partial charge on any atom is -0.369 e. The maximum Gasteiger partial charge on any atom is 0.0766 e. The molecule has 5 nitrogen and oxygen atoms in total. The zero-order valence-electron chi connectivity index (χ0n) is 20.0. The van der Waals surface area contributed by atoms with Crippen molar-refractivity contribution in [3.8, 4) is 5.69 Å². The topological polar surface area (TPSA) is 36.3 Å². The van der Waals surface area contributed by atoms with E-state index in [0.29, 0.717) is 0 Å². The highest BCUT2D eigenvalue weighted by atomic mass is 15.3. The molecule has 0 bridgehead atoms. The molecule has 0 saturated carbocycles. The molecule has 1 saturated heterocycles. The Kier molecular flexibility index (Phi) is 6.97. The number of nitrogens with zero attached hydrogens (tertiary/aromatic N) is 4. The zero-order chi connectivity index (χ0) is 22.6. The molecule has 5 heteroatoms. The minimum atomic E-state index is 0.0813. The summed E-state index contributed by atoms with van der Waals surface area (Å²) in [6, 6.07) is 19.5. The van der Waals surface area contributed by atoms with Crippen molar-refractivity contribution in [1.82, 2.24) is 20.0 Å². The van der Waals surface area contributed by atoms with Crippen molar-refractivity contribution >= 4 is 5.69 Å². The predicted octanol–water partition coefficient (Wildman–Crippen LogP) is 4.39. The van der Waals surface area contributed by atoms with Gasteiger partial charge in [0.1, 0.15) is 0 Å². The summed E-state index contributed by atoms with van der Waals surface area (Å²) < 4.78 is 2.04. The Morgan fingerprint density at radius 2 is 1.69 bits per heavy atom. The van der Waals surface area contributed by atoms with Crippen LogP contribution in [-0.2, 0) is 12.0 Å². The van der Waals surface area contributed by atoms with Crippen LogP contribution >= 0.6 is 0 Å². The van der Waals surface area contributed by atoms with Crippen LogP contribution in [-0.4, -0.2) is 53.9 Å². The van der Waals surface area contributed by atoms with Gasteiger partial charge in [0.15, 0.2) is 0 Å². The Hall–Kier alpha value is -2.63. The fraction of sp³-hybridized carbons (Fsp3) is 0.444. The molecule has 0 spiro atoms. The van der Waals surface area contributed by atoms with Crippen LogP contribution in [0.4, 0.5) is 5.69 Å². The Labute approximate surface area is 193 Å². The molecule has 170 valence electrons. The highest BCUT2D eigenvalue weighted by Gasteiger charge is 2.20. The van der Waals surface area contributed by atoms with Crippen molar-refractivity contribution in [2.24, 2.45) is 0 Å². The molecule has 0 unspecified atom stereocenters. The molecule has 2 heterocycles. The molecule has 3 aromatic rings. The zero-order valence-corrected chi connectivity index (χ0v) is 20.0. The van der Waals surface area contributed by atoms with Crippen LogP contribution in [0.5, 0.6) is 0 Å². The first-order valence-corrected chi connectivity index (χ1v) is 11.8. The van der Waals surface area contributed by atoms with Gasteiger partial charge in [0.2, 0.25) is 0 Å². The second-order valence-corrected chi connectivity index (χ2v) is 9.86. The predicted molar refractivity (Wildman–Crippen MR) is 134 cm³/mol. The first kappa shape index (κ1) is 22.6. The smallest absolute Gasteiger partial charge is 0.0766 e. The molecule has 1 N–H and O–H groups in total. The van der Waals surface area contributed by atoms with Gasteiger partial charge in [-0.15, -0.1) is 0 Å². The van der Waals surface area contributed by atoms with E-state index in [1.54, 1.807) is 0 Å². The van der Waals surface area contributed by atoms with Gasteiger partial charge in [-0.25, -0.2) is 4.68 Å². The maximum absolute atomic E-state index is 4.86. The molecule has 32 heavy (non-hydrogen) atoms. The van der Waals surface area contributed by atoms with Gasteiger partial charge < -0.3 is 10.2 Å². The molecule has 0 radical (unpaired) electrons. The number of aryl methyl sites for hydroxylation is 1. The highest BCUT2D eigenvalue weighted by molar-refractivity contribution is 5.47. The summed E-state index contributed by atoms with van der Waals surface area (Å²) in [5, 5.41) is 8.44. The molecule has 1 aliphatic rings. The Balaban J connectivity index is 1.25. The molecular weight excluding hydrogens is 394 g/mol. The van der Waals surface area contributed by atoms with Crippen molar-refractivity contribution in [1.29, 1.82) is 0 Å². The minimum absolute atomic E-state index is 0.0813. The fourth-order valence-corrected chi connectivity index (χ4v) is 4.38. The summed E-state index contributed by atoms with van der Waals surface area (Å²) in [6.45, 7) is 16.2. The van der Waals surface area contributed by atoms with Crippen LogP contribution < -0.4 is 10.2 Å². The lowest BCUT2D eigenvalue weighted by molar-refractivity contribution is 0.257. The van der Waals surface area contributed by atoms with E-state index < -0.39 is 0 Å². The first-order valence-electron chi connectivity index (χ1n) is 11.8. The monoisotopic (exact) mass is 431 g/mol. The van der Waals surface area contributed by atoms with E-state index in [1.165, 1.54) is 22.5 Å². The molecular formula is C27H37N5. The molecule has 0 aliphatic carbocycles. The van der Waals surface area contributed by atoms with Crippen molar-refractivity contribution in [2.45, 2.75) is 39.7 Å². The Morgan fingerprint density at radius 1 is 0.938 bits per heavy atom. The van der Waals surface area contributed by atoms with Gasteiger partial charge in [-0.05, 0) is 47.7 Å². The van der Waals surface area contributed by atoms with Crippen molar-refractivity contribution in [2.75, 3.05) is 44.2 Å². The number of rotatable bonds is 7. The normalized spacial score (nSPS) is 15.3. The van der Waals surface area contributed by atoms with Crippen LogP contribution in [0.1, 0.15) is 37.6 Å². The Morgan fingerprint density at radius 3 is 2.41 bits per heavy atom. The number of aromatic nitrogens is 2. The summed E-state index contributed by atoms with van der Waals surface area (Å²) in [5.41, 5.74) is 6.26. The van der Waals surface area contributed by atoms with Crippen LogP contribution in [0.2, 0.25) is 0 Å². The second-order valence-electron chi connectivity index (χ2n) is 9.86. The number of nitrogens with one attached hydrogen (secondary N) is 1. The summed E-state index contributed by atoms with van der Waals surface area (Å²) >= 11 is 0. The van der Waals surface area contributed by atoms with E-state index in [2.05, 4.69) is 104 Å². The molecule has 0 atom stereocenters. The van der Waals surface area contributed by atoms with Crippen LogP contribution in [0.15, 0.2) is 60.8 Å². The van der Waals surface area contributed by atoms with Gasteiger partial charge in [-0.2, -0.15) is 5.10 Å². The Bertz CT molecular complexity index is 994. The average Bonchev–Trinajstić information content (AvgIpc) is 3.26. The van der Waals surface area contributed by atoms with E-state index >= 15 is 0 Å². The molecule has 4 rings (SSSR count). The number of hydrogen-bond acceptors (Lipinski definition) is 4. The lowest BCUT2D eigenvalue weighted by Crippen LogP contribution is -2.48. The second kappa shape index (κ2) is 9.88. The number of anilines is 1. The van der Waals surface area contributed by atoms with Crippen LogP contribution in [0, 0.1) is 6.92 Å². The van der Waals surface area contributed by atoms with E-state index in [1.807, 2.05) is 4.68 Å². The summed E-state index contributed by atoms with van der Waals surface area (Å²) in [5.74, 6) is 0. The van der Waals surface area contributed by atoms with Gasteiger partial charge in [-0.1, -0.05) is 51.1 Å². The first-order chi connectivity index (χ1) is 15.4. The third kappa shape index (κ3) is 5.59. The van der Waals surface area contributed by atoms with Crippen LogP contribution in [0.25, 0.3) is 5.69 Å². The van der Waals surface area contributed by atoms with Gasteiger partial charge in [0, 0.05) is 57.7 Å². The summed E-state index contributed by atoms with van der Waals surface area (Å²) in [4.78, 5) is 5.03.